The summed E-state index contributed by atoms with van der Waals surface area (Å²) in [5.41, 5.74) is 1.94. The van der Waals surface area contributed by atoms with Crippen LogP contribution < -0.4 is 0 Å². The van der Waals surface area contributed by atoms with E-state index < -0.39 is 0 Å². The van der Waals surface area contributed by atoms with Crippen LogP contribution >= 0.6 is 22.7 Å². The van der Waals surface area contributed by atoms with Crippen molar-refractivity contribution in [2.75, 3.05) is 13.1 Å². The number of carbonyl (C=O) groups is 1. The topological polar surface area (TPSA) is 33.2 Å². The molecule has 2 aromatic rings. The molecule has 0 aliphatic carbocycles. The van der Waals surface area contributed by atoms with Crippen LogP contribution in [0.4, 0.5) is 0 Å². The molecule has 2 aromatic heterocycles. The minimum atomic E-state index is 0.0481. The maximum atomic E-state index is 12.2. The third kappa shape index (κ3) is 3.65. The Morgan fingerprint density at radius 1 is 1.30 bits per heavy atom. The Kier molecular flexibility index (Phi) is 5.26. The molecule has 20 heavy (non-hydrogen) atoms. The predicted octanol–water partition coefficient (Wildman–Crippen LogP) is 3.61. The average Bonchev–Trinajstić information content (AvgIpc) is 3.08. The molecule has 0 atom stereocenters. The van der Waals surface area contributed by atoms with E-state index in [2.05, 4.69) is 23.5 Å². The van der Waals surface area contributed by atoms with Gasteiger partial charge in [0.05, 0.1) is 12.1 Å². The molecule has 0 aliphatic rings. The van der Waals surface area contributed by atoms with Gasteiger partial charge in [-0.3, -0.25) is 4.79 Å². The van der Waals surface area contributed by atoms with Crippen molar-refractivity contribution in [1.29, 1.82) is 0 Å². The van der Waals surface area contributed by atoms with Crippen LogP contribution in [0.25, 0.3) is 10.6 Å². The second-order valence-corrected chi connectivity index (χ2v) is 5.85. The van der Waals surface area contributed by atoms with Gasteiger partial charge >= 0.3 is 0 Å². The number of thiazole rings is 1. The van der Waals surface area contributed by atoms with Gasteiger partial charge in [-0.1, -0.05) is 12.2 Å². The van der Waals surface area contributed by atoms with Gasteiger partial charge in [0.15, 0.2) is 0 Å². The van der Waals surface area contributed by atoms with E-state index in [1.807, 2.05) is 16.8 Å². The maximum Gasteiger partial charge on any atom is 0.229 e. The van der Waals surface area contributed by atoms with Gasteiger partial charge in [-0.25, -0.2) is 4.98 Å². The second-order valence-electron chi connectivity index (χ2n) is 4.21. The van der Waals surface area contributed by atoms with Crippen molar-refractivity contribution in [1.82, 2.24) is 9.88 Å². The van der Waals surface area contributed by atoms with E-state index in [1.165, 1.54) is 0 Å². The summed E-state index contributed by atoms with van der Waals surface area (Å²) in [7, 11) is 0. The lowest BCUT2D eigenvalue weighted by Crippen LogP contribution is -2.32. The Hall–Kier alpha value is -1.72. The van der Waals surface area contributed by atoms with Crippen molar-refractivity contribution in [2.24, 2.45) is 0 Å². The van der Waals surface area contributed by atoms with Gasteiger partial charge in [-0.2, -0.15) is 11.3 Å². The molecule has 0 spiro atoms. The van der Waals surface area contributed by atoms with Crippen molar-refractivity contribution in [3.63, 3.8) is 0 Å². The first-order valence-corrected chi connectivity index (χ1v) is 8.03. The Bertz CT molecular complexity index is 577. The standard InChI is InChI=1S/C15H16N2OS2/c1-3-6-17(7-4-2)14(18)9-13-11-20-15(16-13)12-5-8-19-10-12/h3-5,8,10-11H,1-2,6-7,9H2. The van der Waals surface area contributed by atoms with Gasteiger partial charge in [0.2, 0.25) is 5.91 Å². The molecule has 104 valence electrons. The van der Waals surface area contributed by atoms with Gasteiger partial charge in [0.1, 0.15) is 5.01 Å². The quantitative estimate of drug-likeness (QED) is 0.732. The number of hydrogen-bond donors (Lipinski definition) is 0. The maximum absolute atomic E-state index is 12.2. The Morgan fingerprint density at radius 2 is 2.05 bits per heavy atom. The van der Waals surface area contributed by atoms with E-state index in [9.17, 15) is 4.79 Å². The van der Waals surface area contributed by atoms with Crippen LogP contribution in [0.3, 0.4) is 0 Å². The third-order valence-electron chi connectivity index (χ3n) is 2.70. The van der Waals surface area contributed by atoms with Crippen LogP contribution in [0.1, 0.15) is 5.69 Å². The first-order chi connectivity index (χ1) is 9.74. The molecule has 0 saturated heterocycles. The molecule has 0 aliphatic heterocycles. The highest BCUT2D eigenvalue weighted by Crippen LogP contribution is 2.25. The van der Waals surface area contributed by atoms with E-state index in [1.54, 1.807) is 39.7 Å². The summed E-state index contributed by atoms with van der Waals surface area (Å²) in [5.74, 6) is 0.0481. The molecule has 0 bridgehead atoms. The lowest BCUT2D eigenvalue weighted by molar-refractivity contribution is -0.129. The molecule has 0 fully saturated rings. The fourth-order valence-corrected chi connectivity index (χ4v) is 3.30. The van der Waals surface area contributed by atoms with Crippen molar-refractivity contribution in [3.8, 4) is 10.6 Å². The number of aromatic nitrogens is 1. The smallest absolute Gasteiger partial charge is 0.229 e. The molecule has 0 radical (unpaired) electrons. The highest BCUT2D eigenvalue weighted by atomic mass is 32.1. The van der Waals surface area contributed by atoms with E-state index in [-0.39, 0.29) is 5.91 Å². The normalized spacial score (nSPS) is 10.2. The number of hydrogen-bond acceptors (Lipinski definition) is 4. The van der Waals surface area contributed by atoms with Gasteiger partial charge < -0.3 is 4.90 Å². The summed E-state index contributed by atoms with van der Waals surface area (Å²) < 4.78 is 0. The minimum Gasteiger partial charge on any atom is -0.335 e. The molecule has 2 rings (SSSR count). The van der Waals surface area contributed by atoms with Crippen LogP contribution in [0.2, 0.25) is 0 Å². The number of carbonyl (C=O) groups excluding carboxylic acids is 1. The van der Waals surface area contributed by atoms with Crippen LogP contribution in [-0.4, -0.2) is 28.9 Å². The molecule has 0 N–H and O–H groups in total. The van der Waals surface area contributed by atoms with E-state index in [0.717, 1.165) is 16.3 Å². The van der Waals surface area contributed by atoms with Crippen molar-refractivity contribution in [2.45, 2.75) is 6.42 Å². The van der Waals surface area contributed by atoms with E-state index in [0.29, 0.717) is 19.5 Å². The fourth-order valence-electron chi connectivity index (χ4n) is 1.76. The van der Waals surface area contributed by atoms with Crippen LogP contribution in [0.15, 0.2) is 47.5 Å². The van der Waals surface area contributed by atoms with Crippen LogP contribution in [0.5, 0.6) is 0 Å². The Balaban J connectivity index is 2.04. The molecule has 0 saturated carbocycles. The first-order valence-electron chi connectivity index (χ1n) is 6.21. The van der Waals surface area contributed by atoms with Gasteiger partial charge in [-0.15, -0.1) is 24.5 Å². The number of thiophene rings is 1. The molecule has 2 heterocycles. The summed E-state index contributed by atoms with van der Waals surface area (Å²) in [6, 6.07) is 2.04. The Labute approximate surface area is 126 Å². The summed E-state index contributed by atoms with van der Waals surface area (Å²) in [5, 5.41) is 7.00. The highest BCUT2D eigenvalue weighted by Gasteiger charge is 2.14. The predicted molar refractivity (Wildman–Crippen MR) is 86.1 cm³/mol. The monoisotopic (exact) mass is 304 g/mol. The molecule has 3 nitrogen and oxygen atoms in total. The summed E-state index contributed by atoms with van der Waals surface area (Å²) >= 11 is 3.22. The van der Waals surface area contributed by atoms with E-state index >= 15 is 0 Å². The molecular weight excluding hydrogens is 288 g/mol. The van der Waals surface area contributed by atoms with Crippen molar-refractivity contribution in [3.05, 3.63) is 53.2 Å². The number of rotatable bonds is 7. The largest absolute Gasteiger partial charge is 0.335 e. The van der Waals surface area contributed by atoms with Crippen molar-refractivity contribution < 1.29 is 4.79 Å². The number of amides is 1. The average molecular weight is 304 g/mol. The second kappa shape index (κ2) is 7.17. The zero-order chi connectivity index (χ0) is 14.4. The van der Waals surface area contributed by atoms with E-state index in [4.69, 9.17) is 0 Å². The minimum absolute atomic E-state index is 0.0481. The van der Waals surface area contributed by atoms with Gasteiger partial charge in [-0.05, 0) is 11.4 Å². The van der Waals surface area contributed by atoms with Crippen LogP contribution in [-0.2, 0) is 11.2 Å². The summed E-state index contributed by atoms with van der Waals surface area (Å²) in [6.07, 6.45) is 3.76. The lowest BCUT2D eigenvalue weighted by Gasteiger charge is -2.18. The molecule has 0 unspecified atom stereocenters. The first kappa shape index (κ1) is 14.7. The third-order valence-corrected chi connectivity index (χ3v) is 4.33. The summed E-state index contributed by atoms with van der Waals surface area (Å²) in [6.45, 7) is 8.41. The fraction of sp³-hybridized carbons (Fsp3) is 0.200. The molecule has 0 aromatic carbocycles. The summed E-state index contributed by atoms with van der Waals surface area (Å²) in [4.78, 5) is 18.4. The van der Waals surface area contributed by atoms with Gasteiger partial charge in [0.25, 0.3) is 0 Å². The molecule has 5 heteroatoms. The SMILES string of the molecule is C=CCN(CC=C)C(=O)Cc1csc(-c2ccsc2)n1. The lowest BCUT2D eigenvalue weighted by atomic mass is 10.3. The molecular formula is C15H16N2OS2. The number of nitrogens with zero attached hydrogens (tertiary/aromatic N) is 2. The van der Waals surface area contributed by atoms with Crippen LogP contribution in [0, 0.1) is 0 Å². The highest BCUT2D eigenvalue weighted by molar-refractivity contribution is 7.14. The van der Waals surface area contributed by atoms with Crippen molar-refractivity contribution >= 4 is 28.6 Å². The van der Waals surface area contributed by atoms with Gasteiger partial charge in [0, 0.05) is 29.4 Å². The zero-order valence-corrected chi connectivity index (χ0v) is 12.8. The molecule has 1 amide bonds. The Morgan fingerprint density at radius 3 is 2.65 bits per heavy atom. The zero-order valence-electron chi connectivity index (χ0n) is 11.1.